The van der Waals surface area contributed by atoms with Crippen molar-refractivity contribution in [1.82, 2.24) is 20.0 Å². The zero-order valence-corrected chi connectivity index (χ0v) is 21.9. The standard InChI is InChI=1S/C22H33N5O11S/c23-39(37,38)17-3-1-16(2-4-17)5-6-24-18(28)11-25(7-9-26(12-19(29)30)13-20(31)32)8-10-27(14-21(33)34)15-22(35)36/h1-4H,5-15H2,(H,24,28)(H,29,30)(H,31,32)(H,33,34)(H,35,36)(H2,23,37,38). The Hall–Kier alpha value is -3.64. The number of primary sulfonamides is 1. The minimum Gasteiger partial charge on any atom is -0.480 e. The summed E-state index contributed by atoms with van der Waals surface area (Å²) in [5.74, 6) is -5.42. The first-order valence-corrected chi connectivity index (χ1v) is 13.1. The molecule has 0 heterocycles. The summed E-state index contributed by atoms with van der Waals surface area (Å²) in [5.41, 5.74) is 0.732. The van der Waals surface area contributed by atoms with Gasteiger partial charge in [0.2, 0.25) is 15.9 Å². The van der Waals surface area contributed by atoms with Gasteiger partial charge < -0.3 is 25.7 Å². The maximum Gasteiger partial charge on any atom is 0.317 e. The van der Waals surface area contributed by atoms with Crippen molar-refractivity contribution in [3.8, 4) is 0 Å². The zero-order valence-electron chi connectivity index (χ0n) is 21.1. The Labute approximate surface area is 224 Å². The van der Waals surface area contributed by atoms with Crippen molar-refractivity contribution >= 4 is 39.8 Å². The molecule has 0 fully saturated rings. The molecule has 0 radical (unpaired) electrons. The lowest BCUT2D eigenvalue weighted by molar-refractivity contribution is -0.143. The van der Waals surface area contributed by atoms with Crippen LogP contribution < -0.4 is 10.5 Å². The summed E-state index contributed by atoms with van der Waals surface area (Å²) in [7, 11) is -3.83. The fourth-order valence-corrected chi connectivity index (χ4v) is 4.00. The minimum absolute atomic E-state index is 0.0387. The molecule has 7 N–H and O–H groups in total. The smallest absolute Gasteiger partial charge is 0.317 e. The van der Waals surface area contributed by atoms with Gasteiger partial charge in [0, 0.05) is 32.7 Å². The van der Waals surface area contributed by atoms with Gasteiger partial charge in [-0.3, -0.25) is 38.7 Å². The Morgan fingerprint density at radius 3 is 1.41 bits per heavy atom. The summed E-state index contributed by atoms with van der Waals surface area (Å²) in [4.78, 5) is 60.6. The monoisotopic (exact) mass is 575 g/mol. The number of aliphatic carboxylic acids is 4. The van der Waals surface area contributed by atoms with Crippen LogP contribution in [0.1, 0.15) is 5.56 Å². The van der Waals surface area contributed by atoms with E-state index in [9.17, 15) is 32.4 Å². The van der Waals surface area contributed by atoms with Crippen molar-refractivity contribution in [3.05, 3.63) is 29.8 Å². The molecule has 16 nitrogen and oxygen atoms in total. The van der Waals surface area contributed by atoms with E-state index in [2.05, 4.69) is 5.32 Å². The fourth-order valence-electron chi connectivity index (χ4n) is 3.48. The van der Waals surface area contributed by atoms with Gasteiger partial charge in [0.1, 0.15) is 0 Å². The lowest BCUT2D eigenvalue weighted by atomic mass is 10.1. The number of amides is 1. The van der Waals surface area contributed by atoms with Crippen molar-refractivity contribution in [3.63, 3.8) is 0 Å². The number of hydrogen-bond donors (Lipinski definition) is 6. The number of benzene rings is 1. The third kappa shape index (κ3) is 15.4. The van der Waals surface area contributed by atoms with Crippen LogP contribution in [-0.4, -0.2) is 139 Å². The molecule has 39 heavy (non-hydrogen) atoms. The van der Waals surface area contributed by atoms with E-state index in [4.69, 9.17) is 25.6 Å². The highest BCUT2D eigenvalue weighted by Gasteiger charge is 2.19. The molecule has 0 unspecified atom stereocenters. The lowest BCUT2D eigenvalue weighted by Crippen LogP contribution is -2.47. The summed E-state index contributed by atoms with van der Waals surface area (Å²) in [6, 6.07) is 5.79. The maximum absolute atomic E-state index is 12.6. The molecular weight excluding hydrogens is 542 g/mol. The Morgan fingerprint density at radius 1 is 0.667 bits per heavy atom. The van der Waals surface area contributed by atoms with E-state index in [1.165, 1.54) is 17.0 Å². The van der Waals surface area contributed by atoms with Gasteiger partial charge in [-0.1, -0.05) is 12.1 Å². The first-order chi connectivity index (χ1) is 18.1. The second-order valence-corrected chi connectivity index (χ2v) is 10.1. The molecule has 1 rings (SSSR count). The number of sulfonamides is 1. The highest BCUT2D eigenvalue weighted by molar-refractivity contribution is 7.89. The molecule has 0 aliphatic heterocycles. The highest BCUT2D eigenvalue weighted by Crippen LogP contribution is 2.09. The maximum atomic E-state index is 12.6. The van der Waals surface area contributed by atoms with E-state index in [0.29, 0.717) is 6.42 Å². The van der Waals surface area contributed by atoms with E-state index in [1.54, 1.807) is 12.1 Å². The molecule has 1 amide bonds. The summed E-state index contributed by atoms with van der Waals surface area (Å²) in [6.07, 6.45) is 0.368. The number of carbonyl (C=O) groups is 5. The molecule has 17 heteroatoms. The van der Waals surface area contributed by atoms with Gasteiger partial charge in [0.05, 0.1) is 37.6 Å². The van der Waals surface area contributed by atoms with Crippen LogP contribution in [0.4, 0.5) is 0 Å². The van der Waals surface area contributed by atoms with Crippen LogP contribution >= 0.6 is 0 Å². The first-order valence-electron chi connectivity index (χ1n) is 11.6. The third-order valence-corrected chi connectivity index (χ3v) is 6.18. The van der Waals surface area contributed by atoms with Gasteiger partial charge in [-0.25, -0.2) is 13.6 Å². The Balaban J connectivity index is 2.81. The average Bonchev–Trinajstić information content (AvgIpc) is 2.78. The molecule has 0 aromatic heterocycles. The van der Waals surface area contributed by atoms with Crippen LogP contribution in [0, 0.1) is 0 Å². The van der Waals surface area contributed by atoms with Crippen molar-refractivity contribution in [1.29, 1.82) is 0 Å². The molecule has 0 atom stereocenters. The minimum atomic E-state index is -3.83. The summed E-state index contributed by atoms with van der Waals surface area (Å²) in [6.45, 7) is -2.25. The largest absolute Gasteiger partial charge is 0.480 e. The van der Waals surface area contributed by atoms with E-state index < -0.39 is 66.0 Å². The Bertz CT molecular complexity index is 1040. The van der Waals surface area contributed by atoms with Crippen LogP contribution in [0.15, 0.2) is 29.2 Å². The van der Waals surface area contributed by atoms with Gasteiger partial charge in [-0.15, -0.1) is 0 Å². The number of hydrogen-bond acceptors (Lipinski definition) is 10. The van der Waals surface area contributed by atoms with Crippen LogP contribution in [0.25, 0.3) is 0 Å². The normalized spacial score (nSPS) is 11.6. The number of nitrogens with two attached hydrogens (primary N) is 1. The van der Waals surface area contributed by atoms with Crippen molar-refractivity contribution < 1.29 is 52.8 Å². The number of carboxylic acids is 4. The van der Waals surface area contributed by atoms with E-state index in [1.807, 2.05) is 0 Å². The fraction of sp³-hybridized carbons (Fsp3) is 0.500. The van der Waals surface area contributed by atoms with Gasteiger partial charge in [-0.05, 0) is 24.1 Å². The molecular formula is C22H33N5O11S. The molecule has 218 valence electrons. The van der Waals surface area contributed by atoms with Crippen molar-refractivity contribution in [2.75, 3.05) is 65.4 Å². The number of carboxylic acid groups (broad SMARTS) is 4. The van der Waals surface area contributed by atoms with Crippen LogP contribution in [0.2, 0.25) is 0 Å². The SMILES string of the molecule is NS(=O)(=O)c1ccc(CCNC(=O)CN(CCN(CC(=O)O)CC(=O)O)CCN(CC(=O)O)CC(=O)O)cc1. The quantitative estimate of drug-likeness (QED) is 0.0922. The zero-order chi connectivity index (χ0) is 29.6. The second kappa shape index (κ2) is 16.4. The number of nitrogens with one attached hydrogen (secondary N) is 1. The molecule has 0 aliphatic carbocycles. The van der Waals surface area contributed by atoms with Crippen LogP contribution in [-0.2, 0) is 40.4 Å². The predicted octanol–water partition coefficient (Wildman–Crippen LogP) is -2.76. The van der Waals surface area contributed by atoms with Gasteiger partial charge in [0.25, 0.3) is 0 Å². The number of rotatable bonds is 20. The highest BCUT2D eigenvalue weighted by atomic mass is 32.2. The molecule has 0 spiro atoms. The Morgan fingerprint density at radius 2 is 1.05 bits per heavy atom. The van der Waals surface area contributed by atoms with Crippen molar-refractivity contribution in [2.24, 2.45) is 5.14 Å². The van der Waals surface area contributed by atoms with E-state index in [-0.39, 0.29) is 44.2 Å². The molecule has 1 aromatic rings. The summed E-state index contributed by atoms with van der Waals surface area (Å²) in [5, 5.41) is 43.9. The predicted molar refractivity (Wildman–Crippen MR) is 134 cm³/mol. The summed E-state index contributed by atoms with van der Waals surface area (Å²) >= 11 is 0. The third-order valence-electron chi connectivity index (χ3n) is 5.26. The molecule has 0 bridgehead atoms. The molecule has 1 aromatic carbocycles. The van der Waals surface area contributed by atoms with Crippen molar-refractivity contribution in [2.45, 2.75) is 11.3 Å². The topological polar surface area (TPSA) is 248 Å². The van der Waals surface area contributed by atoms with Gasteiger partial charge >= 0.3 is 23.9 Å². The number of nitrogens with zero attached hydrogens (tertiary/aromatic N) is 3. The van der Waals surface area contributed by atoms with Crippen LogP contribution in [0.3, 0.4) is 0 Å². The van der Waals surface area contributed by atoms with E-state index in [0.717, 1.165) is 15.4 Å². The molecule has 0 saturated heterocycles. The van der Waals surface area contributed by atoms with Gasteiger partial charge in [0.15, 0.2) is 0 Å². The van der Waals surface area contributed by atoms with Gasteiger partial charge in [-0.2, -0.15) is 0 Å². The lowest BCUT2D eigenvalue weighted by Gasteiger charge is -2.28. The second-order valence-electron chi connectivity index (χ2n) is 8.56. The van der Waals surface area contributed by atoms with E-state index >= 15 is 0 Å². The first kappa shape index (κ1) is 33.4. The number of carbonyl (C=O) groups excluding carboxylic acids is 1. The Kier molecular flexibility index (Phi) is 14.0. The molecule has 0 saturated carbocycles. The average molecular weight is 576 g/mol. The molecule has 0 aliphatic rings. The van der Waals surface area contributed by atoms with Crippen LogP contribution in [0.5, 0.6) is 0 Å². The summed E-state index contributed by atoms with van der Waals surface area (Å²) < 4.78 is 22.7.